The fourth-order valence-electron chi connectivity index (χ4n) is 2.89. The molecule has 0 radical (unpaired) electrons. The van der Waals surface area contributed by atoms with Gasteiger partial charge in [-0.1, -0.05) is 18.6 Å². The SMILES string of the molecule is O=C(O)C1(c2ccc3c(c2)CCS3(=O)=O)CCC1. The Morgan fingerprint density at radius 3 is 2.56 bits per heavy atom. The van der Waals surface area contributed by atoms with Gasteiger partial charge >= 0.3 is 5.97 Å². The number of benzene rings is 1. The Morgan fingerprint density at radius 2 is 2.00 bits per heavy atom. The number of carbonyl (C=O) groups is 1. The first-order valence-corrected chi connectivity index (χ1v) is 7.70. The lowest BCUT2D eigenvalue weighted by molar-refractivity contribution is -0.147. The number of carboxylic acids is 1. The zero-order chi connectivity index (χ0) is 13.0. The molecule has 1 aromatic carbocycles. The fraction of sp³-hybridized carbons (Fsp3) is 0.462. The van der Waals surface area contributed by atoms with Gasteiger partial charge in [0, 0.05) is 0 Å². The van der Waals surface area contributed by atoms with Crippen molar-refractivity contribution in [1.29, 1.82) is 0 Å². The molecule has 0 bridgehead atoms. The van der Waals surface area contributed by atoms with E-state index in [-0.39, 0.29) is 5.75 Å². The van der Waals surface area contributed by atoms with Crippen molar-refractivity contribution >= 4 is 15.8 Å². The quantitative estimate of drug-likeness (QED) is 0.881. The second-order valence-corrected chi connectivity index (χ2v) is 7.21. The van der Waals surface area contributed by atoms with Crippen LogP contribution in [0.1, 0.15) is 30.4 Å². The molecular formula is C13H14O4S. The number of hydrogen-bond donors (Lipinski definition) is 1. The summed E-state index contributed by atoms with van der Waals surface area (Å²) in [5.41, 5.74) is 0.763. The molecule has 0 spiro atoms. The molecule has 3 rings (SSSR count). The summed E-state index contributed by atoms with van der Waals surface area (Å²) in [6.45, 7) is 0. The van der Waals surface area contributed by atoms with Gasteiger partial charge in [-0.15, -0.1) is 0 Å². The number of aliphatic carboxylic acids is 1. The van der Waals surface area contributed by atoms with Crippen LogP contribution in [0.15, 0.2) is 23.1 Å². The molecule has 96 valence electrons. The van der Waals surface area contributed by atoms with Crippen LogP contribution in [0, 0.1) is 0 Å². The molecule has 1 saturated carbocycles. The molecule has 0 atom stereocenters. The number of fused-ring (bicyclic) bond motifs is 1. The van der Waals surface area contributed by atoms with E-state index in [1.807, 2.05) is 0 Å². The number of sulfone groups is 1. The van der Waals surface area contributed by atoms with Gasteiger partial charge < -0.3 is 5.11 Å². The van der Waals surface area contributed by atoms with E-state index < -0.39 is 21.2 Å². The second-order valence-electron chi connectivity index (χ2n) is 5.13. The summed E-state index contributed by atoms with van der Waals surface area (Å²) in [5.74, 6) is -0.652. The third-order valence-electron chi connectivity index (χ3n) is 4.20. The zero-order valence-electron chi connectivity index (χ0n) is 9.85. The highest BCUT2D eigenvalue weighted by molar-refractivity contribution is 7.91. The van der Waals surface area contributed by atoms with Crippen LogP contribution in [0.3, 0.4) is 0 Å². The average molecular weight is 266 g/mol. The highest BCUT2D eigenvalue weighted by Gasteiger charge is 2.46. The van der Waals surface area contributed by atoms with Gasteiger partial charge in [-0.2, -0.15) is 0 Å². The van der Waals surface area contributed by atoms with E-state index >= 15 is 0 Å². The van der Waals surface area contributed by atoms with Crippen molar-refractivity contribution in [3.8, 4) is 0 Å². The van der Waals surface area contributed by atoms with Gasteiger partial charge in [0.25, 0.3) is 0 Å². The van der Waals surface area contributed by atoms with Crippen LogP contribution in [-0.2, 0) is 26.5 Å². The molecule has 0 unspecified atom stereocenters. The standard InChI is InChI=1S/C13H14O4S/c14-12(15)13(5-1-6-13)10-2-3-11-9(8-10)4-7-18(11,16)17/h2-3,8H,1,4-7H2,(H,14,15). The van der Waals surface area contributed by atoms with E-state index in [4.69, 9.17) is 0 Å². The minimum Gasteiger partial charge on any atom is -0.481 e. The summed E-state index contributed by atoms with van der Waals surface area (Å²) < 4.78 is 23.4. The molecular weight excluding hydrogens is 252 g/mol. The molecule has 1 aromatic rings. The molecule has 1 fully saturated rings. The van der Waals surface area contributed by atoms with Crippen molar-refractivity contribution in [3.05, 3.63) is 29.3 Å². The monoisotopic (exact) mass is 266 g/mol. The minimum absolute atomic E-state index is 0.145. The molecule has 4 nitrogen and oxygen atoms in total. The molecule has 1 heterocycles. The van der Waals surface area contributed by atoms with Crippen molar-refractivity contribution in [2.24, 2.45) is 0 Å². The fourth-order valence-corrected chi connectivity index (χ4v) is 4.43. The number of carboxylic acid groups (broad SMARTS) is 1. The van der Waals surface area contributed by atoms with Crippen molar-refractivity contribution in [2.45, 2.75) is 36.0 Å². The number of aryl methyl sites for hydroxylation is 1. The van der Waals surface area contributed by atoms with Gasteiger partial charge in [0.2, 0.25) is 0 Å². The van der Waals surface area contributed by atoms with Gasteiger partial charge in [-0.25, -0.2) is 8.42 Å². The summed E-state index contributed by atoms with van der Waals surface area (Å²) >= 11 is 0. The topological polar surface area (TPSA) is 71.4 Å². The Hall–Kier alpha value is -1.36. The van der Waals surface area contributed by atoms with E-state index in [0.29, 0.717) is 24.2 Å². The molecule has 1 aliphatic heterocycles. The minimum atomic E-state index is -3.12. The van der Waals surface area contributed by atoms with Crippen molar-refractivity contribution in [3.63, 3.8) is 0 Å². The molecule has 0 aromatic heterocycles. The Morgan fingerprint density at radius 1 is 1.28 bits per heavy atom. The van der Waals surface area contributed by atoms with E-state index in [0.717, 1.165) is 17.5 Å². The third-order valence-corrected chi connectivity index (χ3v) is 6.01. The Kier molecular flexibility index (Phi) is 2.32. The maximum absolute atomic E-state index is 11.7. The smallest absolute Gasteiger partial charge is 0.314 e. The van der Waals surface area contributed by atoms with Gasteiger partial charge in [0.1, 0.15) is 0 Å². The average Bonchev–Trinajstić information content (AvgIpc) is 2.52. The van der Waals surface area contributed by atoms with Crippen molar-refractivity contribution in [1.82, 2.24) is 0 Å². The first kappa shape index (κ1) is 11.7. The molecule has 2 aliphatic rings. The van der Waals surface area contributed by atoms with Crippen LogP contribution in [-0.4, -0.2) is 25.2 Å². The highest BCUT2D eigenvalue weighted by Crippen LogP contribution is 2.45. The lowest BCUT2D eigenvalue weighted by Crippen LogP contribution is -2.42. The molecule has 0 saturated heterocycles. The van der Waals surface area contributed by atoms with E-state index in [9.17, 15) is 18.3 Å². The lowest BCUT2D eigenvalue weighted by Gasteiger charge is -2.38. The van der Waals surface area contributed by atoms with Crippen LogP contribution in [0.5, 0.6) is 0 Å². The maximum atomic E-state index is 11.7. The first-order chi connectivity index (χ1) is 8.46. The Bertz CT molecular complexity index is 626. The van der Waals surface area contributed by atoms with Crippen LogP contribution in [0.4, 0.5) is 0 Å². The highest BCUT2D eigenvalue weighted by atomic mass is 32.2. The van der Waals surface area contributed by atoms with Crippen LogP contribution in [0.25, 0.3) is 0 Å². The molecule has 1 aliphatic carbocycles. The Labute approximate surface area is 106 Å². The van der Waals surface area contributed by atoms with Crippen molar-refractivity contribution in [2.75, 3.05) is 5.75 Å². The Balaban J connectivity index is 2.10. The summed E-state index contributed by atoms with van der Waals surface area (Å²) in [4.78, 5) is 11.8. The predicted octanol–water partition coefficient (Wildman–Crippen LogP) is 1.52. The molecule has 0 amide bonds. The molecule has 18 heavy (non-hydrogen) atoms. The van der Waals surface area contributed by atoms with Gasteiger partial charge in [-0.05, 0) is 36.5 Å². The maximum Gasteiger partial charge on any atom is 0.314 e. The zero-order valence-corrected chi connectivity index (χ0v) is 10.7. The third kappa shape index (κ3) is 1.43. The summed E-state index contributed by atoms with van der Waals surface area (Å²) in [7, 11) is -3.12. The predicted molar refractivity (Wildman–Crippen MR) is 65.4 cm³/mol. The summed E-state index contributed by atoms with van der Waals surface area (Å²) in [5, 5.41) is 9.37. The lowest BCUT2D eigenvalue weighted by atomic mass is 9.64. The van der Waals surface area contributed by atoms with Crippen molar-refractivity contribution < 1.29 is 18.3 Å². The summed E-state index contributed by atoms with van der Waals surface area (Å²) in [6.07, 6.45) is 2.71. The number of rotatable bonds is 2. The van der Waals surface area contributed by atoms with Gasteiger partial charge in [0.15, 0.2) is 9.84 Å². The van der Waals surface area contributed by atoms with Crippen LogP contribution < -0.4 is 0 Å². The van der Waals surface area contributed by atoms with E-state index in [1.165, 1.54) is 0 Å². The summed E-state index contributed by atoms with van der Waals surface area (Å²) in [6, 6.07) is 5.04. The molecule has 1 N–H and O–H groups in total. The first-order valence-electron chi connectivity index (χ1n) is 6.05. The second kappa shape index (κ2) is 3.57. The van der Waals surface area contributed by atoms with E-state index in [1.54, 1.807) is 18.2 Å². The largest absolute Gasteiger partial charge is 0.481 e. The number of hydrogen-bond acceptors (Lipinski definition) is 3. The molecule has 5 heteroatoms. The van der Waals surface area contributed by atoms with Crippen LogP contribution in [0.2, 0.25) is 0 Å². The van der Waals surface area contributed by atoms with E-state index in [2.05, 4.69) is 0 Å². The van der Waals surface area contributed by atoms with Gasteiger partial charge in [0.05, 0.1) is 16.1 Å². The normalized spacial score (nSPS) is 23.1. The van der Waals surface area contributed by atoms with Crippen LogP contribution >= 0.6 is 0 Å². The van der Waals surface area contributed by atoms with Gasteiger partial charge in [-0.3, -0.25) is 4.79 Å².